The van der Waals surface area contributed by atoms with Crippen LogP contribution in [0.5, 0.6) is 0 Å². The molecule has 4 rings (SSSR count). The molecule has 1 saturated heterocycles. The molecule has 202 valence electrons. The molecule has 10 nitrogen and oxygen atoms in total. The van der Waals surface area contributed by atoms with Gasteiger partial charge in [-0.3, -0.25) is 14.4 Å². The Kier molecular flexibility index (Phi) is 8.27. The third-order valence-electron chi connectivity index (χ3n) is 6.41. The summed E-state index contributed by atoms with van der Waals surface area (Å²) in [4.78, 5) is 43.3. The second-order valence-electron chi connectivity index (χ2n) is 10.1. The summed E-state index contributed by atoms with van der Waals surface area (Å²) in [6, 6.07) is 11.6. The van der Waals surface area contributed by atoms with Crippen molar-refractivity contribution in [3.63, 3.8) is 0 Å². The maximum atomic E-state index is 13.3. The molecule has 1 aromatic carbocycles. The molecule has 3 heterocycles. The summed E-state index contributed by atoms with van der Waals surface area (Å²) in [6.45, 7) is 5.41. The average molecular weight is 541 g/mol. The molecule has 2 N–H and O–H groups in total. The minimum Gasteiger partial charge on any atom is -0.451 e. The molecule has 0 saturated carbocycles. The van der Waals surface area contributed by atoms with Gasteiger partial charge >= 0.3 is 0 Å². The summed E-state index contributed by atoms with van der Waals surface area (Å²) in [5.74, 6) is -1.51. The first kappa shape index (κ1) is 27.5. The van der Waals surface area contributed by atoms with Gasteiger partial charge in [-0.05, 0) is 48.9 Å². The first-order chi connectivity index (χ1) is 18.0. The Morgan fingerprint density at radius 1 is 1.16 bits per heavy atom. The quantitative estimate of drug-likeness (QED) is 0.448. The van der Waals surface area contributed by atoms with Crippen LogP contribution in [0, 0.1) is 11.8 Å². The number of rotatable bonds is 8. The summed E-state index contributed by atoms with van der Waals surface area (Å²) in [7, 11) is -3.97. The van der Waals surface area contributed by atoms with Crippen molar-refractivity contribution >= 4 is 38.6 Å². The average Bonchev–Trinajstić information content (AvgIpc) is 3.26. The first-order valence-corrected chi connectivity index (χ1v) is 14.0. The van der Waals surface area contributed by atoms with Crippen LogP contribution in [0.15, 0.2) is 64.2 Å². The molecule has 0 radical (unpaired) electrons. The van der Waals surface area contributed by atoms with Gasteiger partial charge in [0.05, 0.1) is 12.6 Å². The van der Waals surface area contributed by atoms with Crippen molar-refractivity contribution in [2.75, 3.05) is 13.1 Å². The minimum absolute atomic E-state index is 0.0736. The van der Waals surface area contributed by atoms with Crippen LogP contribution in [0.3, 0.4) is 0 Å². The molecule has 1 fully saturated rings. The van der Waals surface area contributed by atoms with Gasteiger partial charge in [0, 0.05) is 18.1 Å². The number of sulfonamides is 1. The Bertz CT molecular complexity index is 1390. The van der Waals surface area contributed by atoms with E-state index in [1.807, 2.05) is 32.9 Å². The highest BCUT2D eigenvalue weighted by molar-refractivity contribution is 7.89. The van der Waals surface area contributed by atoms with Gasteiger partial charge < -0.3 is 15.1 Å². The van der Waals surface area contributed by atoms with Crippen molar-refractivity contribution in [2.45, 2.75) is 50.7 Å². The number of para-hydroxylation sites is 1. The smallest absolute Gasteiger partial charge is 0.287 e. The van der Waals surface area contributed by atoms with Gasteiger partial charge in [-0.1, -0.05) is 45.0 Å². The summed E-state index contributed by atoms with van der Waals surface area (Å²) in [6.07, 6.45) is 1.99. The number of carbonyl (C=O) groups excluding carboxylic acids is 3. The van der Waals surface area contributed by atoms with Crippen LogP contribution in [0.2, 0.25) is 0 Å². The standard InChI is InChI=1S/C27H32N4O6S/c1-17(2)12-21(30-27(34)24-14-19-8-4-5-9-23(19)37-24)26(33)29-20-13-18(3)15-31(16-22(20)32)38(35,36)25-10-6-7-11-28-25/h4-11,14,17-18,20-21H,12-13,15-16H2,1-3H3,(H,29,33)(H,30,34)/t18?,20?,21-/m0/s1. The number of Topliss-reactive ketones (excluding diaryl/α,β-unsaturated/α-hetero) is 1. The Balaban J connectivity index is 1.47. The van der Waals surface area contributed by atoms with Gasteiger partial charge in [0.2, 0.25) is 5.91 Å². The number of pyridine rings is 1. The van der Waals surface area contributed by atoms with E-state index in [1.165, 1.54) is 12.3 Å². The third-order valence-corrected chi connectivity index (χ3v) is 8.14. The topological polar surface area (TPSA) is 139 Å². The predicted octanol–water partition coefficient (Wildman–Crippen LogP) is 2.76. The van der Waals surface area contributed by atoms with Crippen molar-refractivity contribution < 1.29 is 27.2 Å². The van der Waals surface area contributed by atoms with E-state index in [4.69, 9.17) is 4.42 Å². The predicted molar refractivity (Wildman–Crippen MR) is 141 cm³/mol. The lowest BCUT2D eigenvalue weighted by Crippen LogP contribution is -2.52. The van der Waals surface area contributed by atoms with Crippen LogP contribution in [0.4, 0.5) is 0 Å². The van der Waals surface area contributed by atoms with E-state index in [0.717, 1.165) is 9.69 Å². The zero-order valence-corrected chi connectivity index (χ0v) is 22.4. The lowest BCUT2D eigenvalue weighted by Gasteiger charge is -2.23. The molecule has 38 heavy (non-hydrogen) atoms. The van der Waals surface area contributed by atoms with E-state index >= 15 is 0 Å². The molecule has 3 atom stereocenters. The van der Waals surface area contributed by atoms with Gasteiger partial charge in [0.15, 0.2) is 16.6 Å². The highest BCUT2D eigenvalue weighted by atomic mass is 32.2. The number of carbonyl (C=O) groups is 3. The zero-order chi connectivity index (χ0) is 27.4. The SMILES string of the molecule is CC(C)C[C@H](NC(=O)c1cc2ccccc2o1)C(=O)NC1CC(C)CN(S(=O)(=O)c2ccccn2)CC1=O. The largest absolute Gasteiger partial charge is 0.451 e. The number of hydrogen-bond acceptors (Lipinski definition) is 7. The molecule has 11 heteroatoms. The monoisotopic (exact) mass is 540 g/mol. The molecule has 1 aliphatic rings. The second kappa shape index (κ2) is 11.4. The van der Waals surface area contributed by atoms with Crippen molar-refractivity contribution in [3.8, 4) is 0 Å². The van der Waals surface area contributed by atoms with Gasteiger partial charge in [-0.25, -0.2) is 13.4 Å². The summed E-state index contributed by atoms with van der Waals surface area (Å²) in [5, 5.41) is 6.15. The molecular formula is C27H32N4O6S. The molecule has 2 aromatic heterocycles. The highest BCUT2D eigenvalue weighted by Gasteiger charge is 2.37. The molecule has 0 aliphatic carbocycles. The van der Waals surface area contributed by atoms with Crippen LogP contribution in [-0.2, 0) is 19.6 Å². The highest BCUT2D eigenvalue weighted by Crippen LogP contribution is 2.22. The van der Waals surface area contributed by atoms with Gasteiger partial charge in [0.25, 0.3) is 15.9 Å². The fourth-order valence-corrected chi connectivity index (χ4v) is 6.01. The van der Waals surface area contributed by atoms with Gasteiger partial charge in [-0.15, -0.1) is 0 Å². The fraction of sp³-hybridized carbons (Fsp3) is 0.407. The van der Waals surface area contributed by atoms with Crippen LogP contribution in [-0.4, -0.2) is 60.5 Å². The Hall–Kier alpha value is -3.57. The number of aromatic nitrogens is 1. The van der Waals surface area contributed by atoms with E-state index in [-0.39, 0.29) is 42.1 Å². The molecular weight excluding hydrogens is 508 g/mol. The van der Waals surface area contributed by atoms with Crippen LogP contribution < -0.4 is 10.6 Å². The van der Waals surface area contributed by atoms with Gasteiger partial charge in [0.1, 0.15) is 11.6 Å². The maximum absolute atomic E-state index is 13.3. The van der Waals surface area contributed by atoms with E-state index in [9.17, 15) is 22.8 Å². The number of nitrogens with zero attached hydrogens (tertiary/aromatic N) is 2. The van der Waals surface area contributed by atoms with Crippen LogP contribution >= 0.6 is 0 Å². The fourth-order valence-electron chi connectivity index (χ4n) is 4.56. The molecule has 2 unspecified atom stereocenters. The third kappa shape index (κ3) is 6.28. The Labute approximate surface area is 221 Å². The van der Waals surface area contributed by atoms with E-state index in [2.05, 4.69) is 15.6 Å². The molecule has 1 aliphatic heterocycles. The first-order valence-electron chi connectivity index (χ1n) is 12.6. The zero-order valence-electron chi connectivity index (χ0n) is 21.6. The number of benzene rings is 1. The number of nitrogens with one attached hydrogen (secondary N) is 2. The number of furan rings is 1. The number of fused-ring (bicyclic) bond motifs is 1. The normalized spacial score (nSPS) is 19.7. The number of ketones is 1. The lowest BCUT2D eigenvalue weighted by atomic mass is 9.98. The summed E-state index contributed by atoms with van der Waals surface area (Å²) in [5.41, 5.74) is 0.561. The summed E-state index contributed by atoms with van der Waals surface area (Å²) >= 11 is 0. The van der Waals surface area contributed by atoms with Crippen LogP contribution in [0.25, 0.3) is 11.0 Å². The van der Waals surface area contributed by atoms with E-state index in [1.54, 1.807) is 30.3 Å². The van der Waals surface area contributed by atoms with E-state index < -0.39 is 39.7 Å². The van der Waals surface area contributed by atoms with Crippen molar-refractivity contribution in [1.29, 1.82) is 0 Å². The van der Waals surface area contributed by atoms with Crippen molar-refractivity contribution in [3.05, 3.63) is 60.5 Å². The number of amides is 2. The van der Waals surface area contributed by atoms with Crippen LogP contribution in [0.1, 0.15) is 44.2 Å². The molecule has 3 aromatic rings. The minimum atomic E-state index is -3.97. The molecule has 0 bridgehead atoms. The molecule has 2 amide bonds. The van der Waals surface area contributed by atoms with Gasteiger partial charge in [-0.2, -0.15) is 4.31 Å². The second-order valence-corrected chi connectivity index (χ2v) is 12.0. The molecule has 0 spiro atoms. The van der Waals surface area contributed by atoms with E-state index in [0.29, 0.717) is 12.0 Å². The lowest BCUT2D eigenvalue weighted by molar-refractivity contribution is -0.129. The maximum Gasteiger partial charge on any atom is 0.287 e. The number of hydrogen-bond donors (Lipinski definition) is 2. The van der Waals surface area contributed by atoms with Crippen molar-refractivity contribution in [2.24, 2.45) is 11.8 Å². The Morgan fingerprint density at radius 3 is 2.58 bits per heavy atom. The Morgan fingerprint density at radius 2 is 1.89 bits per heavy atom. The summed E-state index contributed by atoms with van der Waals surface area (Å²) < 4.78 is 32.9. The van der Waals surface area contributed by atoms with Crippen molar-refractivity contribution in [1.82, 2.24) is 19.9 Å².